The third-order valence-electron chi connectivity index (χ3n) is 4.43. The van der Waals surface area contributed by atoms with Gasteiger partial charge in [0.2, 0.25) is 0 Å². The van der Waals surface area contributed by atoms with Crippen LogP contribution in [-0.4, -0.2) is 34.4 Å². The Morgan fingerprint density at radius 3 is 2.59 bits per heavy atom. The van der Waals surface area contributed by atoms with Gasteiger partial charge in [-0.05, 0) is 42.7 Å². The number of benzene rings is 2. The van der Waals surface area contributed by atoms with Gasteiger partial charge in [-0.3, -0.25) is 4.99 Å². The molecule has 0 bridgehead atoms. The highest BCUT2D eigenvalue weighted by Gasteiger charge is 2.06. The Bertz CT molecular complexity index is 919. The van der Waals surface area contributed by atoms with Gasteiger partial charge >= 0.3 is 0 Å². The predicted octanol–water partition coefficient (Wildman–Crippen LogP) is 3.23. The monoisotopic (exact) mass is 392 g/mol. The van der Waals surface area contributed by atoms with Gasteiger partial charge in [0.15, 0.2) is 5.96 Å². The van der Waals surface area contributed by atoms with Crippen LogP contribution in [0.5, 0.6) is 5.75 Å². The summed E-state index contributed by atoms with van der Waals surface area (Å²) < 4.78 is 7.63. The molecule has 3 rings (SSSR count). The highest BCUT2D eigenvalue weighted by Crippen LogP contribution is 2.20. The van der Waals surface area contributed by atoms with Crippen LogP contribution >= 0.6 is 0 Å². The molecule has 0 amide bonds. The molecule has 0 atom stereocenters. The number of nitrogens with zero attached hydrogens (tertiary/aromatic N) is 4. The Balaban J connectivity index is 1.55. The Labute approximate surface area is 171 Å². The molecule has 0 spiro atoms. The summed E-state index contributed by atoms with van der Waals surface area (Å²) in [6.07, 6.45) is 4.19. The number of guanidine groups is 1. The summed E-state index contributed by atoms with van der Waals surface area (Å²) in [5, 5.41) is 10.8. The minimum absolute atomic E-state index is 0.643. The van der Waals surface area contributed by atoms with Crippen LogP contribution in [0.4, 0.5) is 0 Å². The second-order valence-corrected chi connectivity index (χ2v) is 6.75. The van der Waals surface area contributed by atoms with Crippen molar-refractivity contribution in [2.24, 2.45) is 4.99 Å². The van der Waals surface area contributed by atoms with E-state index in [-0.39, 0.29) is 0 Å². The van der Waals surface area contributed by atoms with Gasteiger partial charge in [-0.1, -0.05) is 31.2 Å². The molecule has 7 nitrogen and oxygen atoms in total. The first-order valence-corrected chi connectivity index (χ1v) is 9.80. The molecule has 0 fully saturated rings. The molecule has 0 unspecified atom stereocenters. The number of nitrogens with one attached hydrogen (secondary N) is 2. The number of hydrogen-bond donors (Lipinski definition) is 2. The maximum absolute atomic E-state index is 5.89. The van der Waals surface area contributed by atoms with E-state index in [1.165, 1.54) is 11.9 Å². The molecule has 1 aromatic heterocycles. The number of hydrogen-bond acceptors (Lipinski definition) is 4. The van der Waals surface area contributed by atoms with E-state index in [0.717, 1.165) is 34.9 Å². The standard InChI is InChI=1S/C22H28N6O/c1-4-11-29-21-12-17(2)5-8-19(21)14-26-22(23-3)25-13-18-6-9-20(10-7-18)28-16-24-15-27-28/h5-10,12,15-16H,4,11,13-14H2,1-3H3,(H2,23,25,26). The molecule has 0 saturated carbocycles. The van der Waals surface area contributed by atoms with Crippen molar-refractivity contribution in [2.45, 2.75) is 33.4 Å². The van der Waals surface area contributed by atoms with E-state index >= 15 is 0 Å². The molecule has 7 heteroatoms. The van der Waals surface area contributed by atoms with E-state index in [9.17, 15) is 0 Å². The maximum Gasteiger partial charge on any atom is 0.191 e. The second-order valence-electron chi connectivity index (χ2n) is 6.75. The Kier molecular flexibility index (Phi) is 7.22. The van der Waals surface area contributed by atoms with E-state index in [2.05, 4.69) is 69.9 Å². The second kappa shape index (κ2) is 10.3. The Morgan fingerprint density at radius 2 is 1.90 bits per heavy atom. The number of aryl methyl sites for hydroxylation is 1. The maximum atomic E-state index is 5.89. The number of ether oxygens (including phenoxy) is 1. The van der Waals surface area contributed by atoms with Crippen LogP contribution in [0.25, 0.3) is 5.69 Å². The number of aliphatic imine (C=N–C) groups is 1. The van der Waals surface area contributed by atoms with Crippen molar-refractivity contribution in [3.05, 3.63) is 71.8 Å². The summed E-state index contributed by atoms with van der Waals surface area (Å²) in [5.74, 6) is 1.67. The molecule has 2 N–H and O–H groups in total. The number of aromatic nitrogens is 3. The summed E-state index contributed by atoms with van der Waals surface area (Å²) in [4.78, 5) is 8.29. The lowest BCUT2D eigenvalue weighted by atomic mass is 10.1. The summed E-state index contributed by atoms with van der Waals surface area (Å²) >= 11 is 0. The van der Waals surface area contributed by atoms with Crippen LogP contribution in [-0.2, 0) is 13.1 Å². The van der Waals surface area contributed by atoms with Crippen LogP contribution in [0.2, 0.25) is 0 Å². The van der Waals surface area contributed by atoms with E-state index < -0.39 is 0 Å². The largest absolute Gasteiger partial charge is 0.493 e. The van der Waals surface area contributed by atoms with Gasteiger partial charge in [-0.25, -0.2) is 9.67 Å². The average Bonchev–Trinajstić information content (AvgIpc) is 3.28. The van der Waals surface area contributed by atoms with Crippen molar-refractivity contribution in [1.29, 1.82) is 0 Å². The molecule has 0 aliphatic heterocycles. The summed E-state index contributed by atoms with van der Waals surface area (Å²) in [5.41, 5.74) is 4.44. The smallest absolute Gasteiger partial charge is 0.191 e. The molecule has 3 aromatic rings. The van der Waals surface area contributed by atoms with Crippen LogP contribution in [0.1, 0.15) is 30.0 Å². The van der Waals surface area contributed by atoms with Crippen molar-refractivity contribution < 1.29 is 4.74 Å². The van der Waals surface area contributed by atoms with Gasteiger partial charge < -0.3 is 15.4 Å². The molecule has 0 radical (unpaired) electrons. The van der Waals surface area contributed by atoms with Crippen molar-refractivity contribution >= 4 is 5.96 Å². The third kappa shape index (κ3) is 5.81. The summed E-state index contributed by atoms with van der Waals surface area (Å²) in [7, 11) is 1.77. The summed E-state index contributed by atoms with van der Waals surface area (Å²) in [6, 6.07) is 14.4. The minimum atomic E-state index is 0.643. The summed E-state index contributed by atoms with van der Waals surface area (Å²) in [6.45, 7) is 6.21. The lowest BCUT2D eigenvalue weighted by Gasteiger charge is -2.15. The first-order chi connectivity index (χ1) is 14.2. The van der Waals surface area contributed by atoms with Crippen LogP contribution in [0, 0.1) is 6.92 Å². The predicted molar refractivity (Wildman–Crippen MR) is 115 cm³/mol. The molecule has 29 heavy (non-hydrogen) atoms. The van der Waals surface area contributed by atoms with E-state index in [1.54, 1.807) is 18.1 Å². The van der Waals surface area contributed by atoms with Gasteiger partial charge in [-0.2, -0.15) is 5.10 Å². The average molecular weight is 393 g/mol. The van der Waals surface area contributed by atoms with E-state index in [4.69, 9.17) is 4.74 Å². The van der Waals surface area contributed by atoms with E-state index in [0.29, 0.717) is 19.7 Å². The highest BCUT2D eigenvalue weighted by molar-refractivity contribution is 5.79. The number of rotatable bonds is 8. The fraction of sp³-hybridized carbons (Fsp3) is 0.318. The molecule has 0 aliphatic carbocycles. The van der Waals surface area contributed by atoms with E-state index in [1.807, 2.05) is 12.1 Å². The zero-order valence-corrected chi connectivity index (χ0v) is 17.2. The van der Waals surface area contributed by atoms with Crippen LogP contribution in [0.3, 0.4) is 0 Å². The quantitative estimate of drug-likeness (QED) is 0.455. The van der Waals surface area contributed by atoms with Gasteiger partial charge in [0, 0.05) is 25.7 Å². The van der Waals surface area contributed by atoms with Gasteiger partial charge in [-0.15, -0.1) is 0 Å². The first-order valence-electron chi connectivity index (χ1n) is 9.80. The molecule has 0 saturated heterocycles. The fourth-order valence-electron chi connectivity index (χ4n) is 2.85. The van der Waals surface area contributed by atoms with Crippen molar-refractivity contribution in [1.82, 2.24) is 25.4 Å². The topological polar surface area (TPSA) is 76.4 Å². The SMILES string of the molecule is CCCOc1cc(C)ccc1CNC(=NC)NCc1ccc(-n2cncn2)cc1. The van der Waals surface area contributed by atoms with Gasteiger partial charge in [0.05, 0.1) is 12.3 Å². The van der Waals surface area contributed by atoms with Crippen LogP contribution < -0.4 is 15.4 Å². The zero-order valence-electron chi connectivity index (χ0n) is 17.2. The molecule has 1 heterocycles. The normalized spacial score (nSPS) is 11.3. The lowest BCUT2D eigenvalue weighted by Crippen LogP contribution is -2.36. The molecule has 2 aromatic carbocycles. The molecular weight excluding hydrogens is 364 g/mol. The lowest BCUT2D eigenvalue weighted by molar-refractivity contribution is 0.313. The van der Waals surface area contributed by atoms with Crippen molar-refractivity contribution in [2.75, 3.05) is 13.7 Å². The molecular formula is C22H28N6O. The van der Waals surface area contributed by atoms with Crippen molar-refractivity contribution in [3.63, 3.8) is 0 Å². The first kappa shape index (κ1) is 20.4. The van der Waals surface area contributed by atoms with Crippen LogP contribution in [0.15, 0.2) is 60.1 Å². The molecule has 152 valence electrons. The van der Waals surface area contributed by atoms with Gasteiger partial charge in [0.1, 0.15) is 18.4 Å². The fourth-order valence-corrected chi connectivity index (χ4v) is 2.85. The molecule has 0 aliphatic rings. The van der Waals surface area contributed by atoms with Crippen molar-refractivity contribution in [3.8, 4) is 11.4 Å². The highest BCUT2D eigenvalue weighted by atomic mass is 16.5. The Hall–Kier alpha value is -3.35. The van der Waals surface area contributed by atoms with Gasteiger partial charge in [0.25, 0.3) is 0 Å². The zero-order chi connectivity index (χ0) is 20.5. The third-order valence-corrected chi connectivity index (χ3v) is 4.43. The Morgan fingerprint density at radius 1 is 1.10 bits per heavy atom. The minimum Gasteiger partial charge on any atom is -0.493 e.